The fraction of sp³-hybridized carbons (Fsp3) is 0.692. The van der Waals surface area contributed by atoms with E-state index in [1.807, 2.05) is 11.3 Å². The van der Waals surface area contributed by atoms with Crippen molar-refractivity contribution in [2.45, 2.75) is 32.1 Å². The molecule has 0 saturated heterocycles. The molecule has 1 fully saturated rings. The third kappa shape index (κ3) is 3.31. The minimum atomic E-state index is 0.440. The van der Waals surface area contributed by atoms with Crippen molar-refractivity contribution >= 4 is 27.3 Å². The van der Waals surface area contributed by atoms with Gasteiger partial charge in [-0.25, -0.2) is 0 Å². The van der Waals surface area contributed by atoms with Gasteiger partial charge in [0.1, 0.15) is 0 Å². The van der Waals surface area contributed by atoms with Crippen LogP contribution in [0.3, 0.4) is 0 Å². The second-order valence-electron chi connectivity index (χ2n) is 4.72. The van der Waals surface area contributed by atoms with Crippen molar-refractivity contribution in [3.63, 3.8) is 0 Å². The topological polar surface area (TPSA) is 9.23 Å². The van der Waals surface area contributed by atoms with Crippen LogP contribution in [0.2, 0.25) is 0 Å². The van der Waals surface area contributed by atoms with Crippen molar-refractivity contribution in [2.75, 3.05) is 18.5 Å². The summed E-state index contributed by atoms with van der Waals surface area (Å²) >= 11 is 5.47. The van der Waals surface area contributed by atoms with E-state index in [9.17, 15) is 0 Å². The Bertz CT molecular complexity index is 291. The molecule has 0 atom stereocenters. The molecule has 1 aromatic heterocycles. The lowest BCUT2D eigenvalue weighted by molar-refractivity contribution is 0.0616. The Labute approximate surface area is 110 Å². The van der Waals surface area contributed by atoms with Crippen LogP contribution in [0.5, 0.6) is 0 Å². The maximum absolute atomic E-state index is 5.86. The zero-order chi connectivity index (χ0) is 11.3. The van der Waals surface area contributed by atoms with Gasteiger partial charge in [0.05, 0.1) is 13.2 Å². The molecular weight excluding hydrogens is 284 g/mol. The van der Waals surface area contributed by atoms with Crippen LogP contribution in [-0.4, -0.2) is 18.5 Å². The van der Waals surface area contributed by atoms with Gasteiger partial charge in [0.2, 0.25) is 0 Å². The molecular formula is C13H19BrOS. The van der Waals surface area contributed by atoms with E-state index in [1.165, 1.54) is 30.6 Å². The summed E-state index contributed by atoms with van der Waals surface area (Å²) in [6.07, 6.45) is 6.48. The maximum Gasteiger partial charge on any atom is 0.0530 e. The van der Waals surface area contributed by atoms with Gasteiger partial charge < -0.3 is 4.74 Å². The maximum atomic E-state index is 5.86. The molecule has 90 valence electrons. The highest BCUT2D eigenvalue weighted by atomic mass is 79.9. The van der Waals surface area contributed by atoms with Crippen LogP contribution >= 0.6 is 27.3 Å². The first kappa shape index (κ1) is 12.6. The van der Waals surface area contributed by atoms with Crippen LogP contribution in [0, 0.1) is 5.41 Å². The van der Waals surface area contributed by atoms with Gasteiger partial charge in [-0.3, -0.25) is 0 Å². The first-order chi connectivity index (χ1) is 7.85. The van der Waals surface area contributed by atoms with Crippen molar-refractivity contribution in [1.82, 2.24) is 0 Å². The molecule has 1 aromatic rings. The number of ether oxygens (including phenoxy) is 1. The highest BCUT2D eigenvalue weighted by Crippen LogP contribution is 2.39. The Morgan fingerprint density at radius 3 is 2.81 bits per heavy atom. The van der Waals surface area contributed by atoms with Crippen molar-refractivity contribution in [3.05, 3.63) is 22.4 Å². The van der Waals surface area contributed by atoms with Gasteiger partial charge in [-0.2, -0.15) is 0 Å². The fourth-order valence-corrected chi connectivity index (χ4v) is 3.77. The van der Waals surface area contributed by atoms with E-state index < -0.39 is 0 Å². The van der Waals surface area contributed by atoms with E-state index in [4.69, 9.17) is 4.74 Å². The van der Waals surface area contributed by atoms with Crippen molar-refractivity contribution < 1.29 is 4.74 Å². The molecule has 0 aliphatic heterocycles. The lowest BCUT2D eigenvalue weighted by Gasteiger charge is -2.26. The second kappa shape index (κ2) is 6.18. The van der Waals surface area contributed by atoms with E-state index >= 15 is 0 Å². The van der Waals surface area contributed by atoms with Crippen molar-refractivity contribution in [1.29, 1.82) is 0 Å². The largest absolute Gasteiger partial charge is 0.380 e. The normalized spacial score (nSPS) is 19.1. The summed E-state index contributed by atoms with van der Waals surface area (Å²) in [5, 5.41) is 3.23. The molecule has 0 amide bonds. The zero-order valence-corrected chi connectivity index (χ0v) is 12.0. The first-order valence-electron chi connectivity index (χ1n) is 6.01. The van der Waals surface area contributed by atoms with Crippen LogP contribution < -0.4 is 0 Å². The van der Waals surface area contributed by atoms with Gasteiger partial charge in [0.25, 0.3) is 0 Å². The number of alkyl halides is 1. The number of hydrogen-bond donors (Lipinski definition) is 0. The molecule has 0 spiro atoms. The van der Waals surface area contributed by atoms with Gasteiger partial charge in [-0.15, -0.1) is 11.3 Å². The SMILES string of the molecule is BrCC1(COCCc2cccs2)CCCC1. The molecule has 0 unspecified atom stereocenters. The van der Waals surface area contributed by atoms with Crippen LogP contribution in [0.1, 0.15) is 30.6 Å². The van der Waals surface area contributed by atoms with E-state index in [-0.39, 0.29) is 0 Å². The van der Waals surface area contributed by atoms with E-state index in [1.54, 1.807) is 0 Å². The summed E-state index contributed by atoms with van der Waals surface area (Å²) in [6, 6.07) is 4.29. The number of hydrogen-bond acceptors (Lipinski definition) is 2. The average Bonchev–Trinajstić information content (AvgIpc) is 2.97. The molecule has 0 radical (unpaired) electrons. The minimum absolute atomic E-state index is 0.440. The summed E-state index contributed by atoms with van der Waals surface area (Å²) in [6.45, 7) is 1.80. The fourth-order valence-electron chi connectivity index (χ4n) is 2.36. The monoisotopic (exact) mass is 302 g/mol. The molecule has 1 nitrogen and oxygen atoms in total. The van der Waals surface area contributed by atoms with Crippen LogP contribution in [0.4, 0.5) is 0 Å². The molecule has 0 bridgehead atoms. The smallest absolute Gasteiger partial charge is 0.0530 e. The van der Waals surface area contributed by atoms with Crippen LogP contribution in [0.15, 0.2) is 17.5 Å². The van der Waals surface area contributed by atoms with Gasteiger partial charge in [-0.1, -0.05) is 34.8 Å². The van der Waals surface area contributed by atoms with Crippen LogP contribution in [-0.2, 0) is 11.2 Å². The van der Waals surface area contributed by atoms with Gasteiger partial charge >= 0.3 is 0 Å². The number of rotatable bonds is 6. The molecule has 3 heteroatoms. The molecule has 1 heterocycles. The highest BCUT2D eigenvalue weighted by molar-refractivity contribution is 9.09. The van der Waals surface area contributed by atoms with Gasteiger partial charge in [0, 0.05) is 22.0 Å². The minimum Gasteiger partial charge on any atom is -0.380 e. The Balaban J connectivity index is 1.67. The number of thiophene rings is 1. The first-order valence-corrected chi connectivity index (χ1v) is 8.01. The lowest BCUT2D eigenvalue weighted by Crippen LogP contribution is -2.25. The zero-order valence-electron chi connectivity index (χ0n) is 9.58. The summed E-state index contributed by atoms with van der Waals surface area (Å²) in [5.41, 5.74) is 0.440. The standard InChI is InChI=1S/C13H19BrOS/c14-10-13(6-1-2-7-13)11-15-8-5-12-4-3-9-16-12/h3-4,9H,1-2,5-8,10-11H2. The quantitative estimate of drug-likeness (QED) is 0.563. The third-order valence-electron chi connectivity index (χ3n) is 3.43. The average molecular weight is 303 g/mol. The predicted octanol–water partition coefficient (Wildman–Crippen LogP) is 4.26. The molecule has 1 aliphatic rings. The summed E-state index contributed by atoms with van der Waals surface area (Å²) in [7, 11) is 0. The summed E-state index contributed by atoms with van der Waals surface area (Å²) in [5.74, 6) is 0. The van der Waals surface area contributed by atoms with E-state index in [2.05, 4.69) is 33.4 Å². The van der Waals surface area contributed by atoms with E-state index in [0.29, 0.717) is 5.41 Å². The van der Waals surface area contributed by atoms with Crippen molar-refractivity contribution in [3.8, 4) is 0 Å². The Hall–Kier alpha value is 0.140. The summed E-state index contributed by atoms with van der Waals surface area (Å²) < 4.78 is 5.86. The molecule has 16 heavy (non-hydrogen) atoms. The van der Waals surface area contributed by atoms with Gasteiger partial charge in [0.15, 0.2) is 0 Å². The van der Waals surface area contributed by atoms with Crippen molar-refractivity contribution in [2.24, 2.45) is 5.41 Å². The lowest BCUT2D eigenvalue weighted by atomic mass is 9.90. The third-order valence-corrected chi connectivity index (χ3v) is 5.55. The van der Waals surface area contributed by atoms with E-state index in [0.717, 1.165) is 25.0 Å². The van der Waals surface area contributed by atoms with Gasteiger partial charge in [-0.05, 0) is 24.3 Å². The Morgan fingerprint density at radius 2 is 2.19 bits per heavy atom. The molecule has 1 aliphatic carbocycles. The molecule has 1 saturated carbocycles. The molecule has 0 aromatic carbocycles. The highest BCUT2D eigenvalue weighted by Gasteiger charge is 2.32. The Kier molecular flexibility index (Phi) is 4.86. The summed E-state index contributed by atoms with van der Waals surface area (Å²) in [4.78, 5) is 1.43. The Morgan fingerprint density at radius 1 is 1.38 bits per heavy atom. The number of halogens is 1. The molecule has 0 N–H and O–H groups in total. The second-order valence-corrected chi connectivity index (χ2v) is 6.32. The van der Waals surface area contributed by atoms with Crippen LogP contribution in [0.25, 0.3) is 0 Å². The molecule has 2 rings (SSSR count). The predicted molar refractivity (Wildman–Crippen MR) is 73.5 cm³/mol.